The Morgan fingerprint density at radius 2 is 2.40 bits per heavy atom. The third-order valence-corrected chi connectivity index (χ3v) is 2.57. The van der Waals surface area contributed by atoms with Gasteiger partial charge in [0.2, 0.25) is 0 Å². The third kappa shape index (κ3) is 2.56. The van der Waals surface area contributed by atoms with Gasteiger partial charge in [-0.1, -0.05) is 6.07 Å². The molecule has 6 heteroatoms. The van der Waals surface area contributed by atoms with E-state index in [-0.39, 0.29) is 6.04 Å². The summed E-state index contributed by atoms with van der Waals surface area (Å²) in [6, 6.07) is 5.77. The van der Waals surface area contributed by atoms with Crippen LogP contribution in [0.1, 0.15) is 17.4 Å². The molecule has 0 aliphatic heterocycles. The van der Waals surface area contributed by atoms with Gasteiger partial charge in [-0.3, -0.25) is 16.3 Å². The zero-order valence-electron chi connectivity index (χ0n) is 8.00. The van der Waals surface area contributed by atoms with E-state index in [0.29, 0.717) is 6.42 Å². The Balaban J connectivity index is 2.10. The summed E-state index contributed by atoms with van der Waals surface area (Å²) in [7, 11) is 0. The molecule has 0 fully saturated rings. The maximum atomic E-state index is 5.47. The second-order valence-corrected chi connectivity index (χ2v) is 3.63. The first-order valence-corrected chi connectivity index (χ1v) is 5.26. The number of rotatable bonds is 4. The van der Waals surface area contributed by atoms with Crippen molar-refractivity contribution in [3.05, 3.63) is 42.0 Å². The maximum absolute atomic E-state index is 5.47. The Labute approximate surface area is 91.7 Å². The Bertz CT molecular complexity index is 388. The van der Waals surface area contributed by atoms with Crippen molar-refractivity contribution in [2.45, 2.75) is 12.5 Å². The second-order valence-electron chi connectivity index (χ2n) is 3.08. The molecule has 0 radical (unpaired) electrons. The molecule has 0 saturated heterocycles. The lowest BCUT2D eigenvalue weighted by atomic mass is 10.1. The molecule has 2 heterocycles. The number of nitrogens with zero attached hydrogens (tertiary/aromatic N) is 3. The lowest BCUT2D eigenvalue weighted by Crippen LogP contribution is -2.30. The molecule has 0 bridgehead atoms. The highest BCUT2D eigenvalue weighted by Gasteiger charge is 2.13. The van der Waals surface area contributed by atoms with E-state index in [9.17, 15) is 0 Å². The smallest absolute Gasteiger partial charge is 0.0929 e. The highest BCUT2D eigenvalue weighted by Crippen LogP contribution is 2.14. The van der Waals surface area contributed by atoms with E-state index in [2.05, 4.69) is 19.2 Å². The number of hydrazine groups is 1. The molecule has 1 atom stereocenters. The number of pyridine rings is 1. The van der Waals surface area contributed by atoms with Gasteiger partial charge in [0.15, 0.2) is 0 Å². The average molecular weight is 221 g/mol. The van der Waals surface area contributed by atoms with Crippen molar-refractivity contribution in [1.82, 2.24) is 19.2 Å². The summed E-state index contributed by atoms with van der Waals surface area (Å²) >= 11 is 1.18. The van der Waals surface area contributed by atoms with Crippen molar-refractivity contribution in [3.8, 4) is 0 Å². The first kappa shape index (κ1) is 10.2. The molecule has 78 valence electrons. The summed E-state index contributed by atoms with van der Waals surface area (Å²) in [6.07, 6.45) is 4.20. The van der Waals surface area contributed by atoms with E-state index in [1.54, 1.807) is 12.4 Å². The van der Waals surface area contributed by atoms with E-state index < -0.39 is 0 Å². The number of nitrogens with one attached hydrogen (secondary N) is 1. The molecule has 0 spiro atoms. The number of hydrogen-bond donors (Lipinski definition) is 2. The lowest BCUT2D eigenvalue weighted by molar-refractivity contribution is 0.536. The summed E-state index contributed by atoms with van der Waals surface area (Å²) in [5.41, 5.74) is 4.55. The highest BCUT2D eigenvalue weighted by molar-refractivity contribution is 6.99. The number of aromatic nitrogens is 3. The van der Waals surface area contributed by atoms with Gasteiger partial charge in [0.25, 0.3) is 0 Å². The maximum Gasteiger partial charge on any atom is 0.0929 e. The second kappa shape index (κ2) is 4.92. The van der Waals surface area contributed by atoms with Crippen LogP contribution in [-0.2, 0) is 6.42 Å². The SMILES string of the molecule is NNC(Cc1ccccn1)c1cnsn1. The van der Waals surface area contributed by atoms with Gasteiger partial charge in [0, 0.05) is 18.3 Å². The summed E-state index contributed by atoms with van der Waals surface area (Å²) < 4.78 is 8.09. The molecule has 0 amide bonds. The molecule has 2 aromatic rings. The van der Waals surface area contributed by atoms with Crippen LogP contribution in [0.3, 0.4) is 0 Å². The standard InChI is InChI=1S/C9H11N5S/c10-13-8(9-6-12-15-14-9)5-7-3-1-2-4-11-7/h1-4,6,8,13H,5,10H2. The summed E-state index contributed by atoms with van der Waals surface area (Å²) in [5.74, 6) is 5.47. The Kier molecular flexibility index (Phi) is 3.33. The average Bonchev–Trinajstić information content (AvgIpc) is 2.81. The zero-order valence-corrected chi connectivity index (χ0v) is 8.81. The van der Waals surface area contributed by atoms with Gasteiger partial charge in [-0.2, -0.15) is 8.75 Å². The van der Waals surface area contributed by atoms with E-state index in [1.165, 1.54) is 11.7 Å². The molecule has 1 unspecified atom stereocenters. The molecule has 2 rings (SSSR count). The molecule has 2 aromatic heterocycles. The van der Waals surface area contributed by atoms with Crippen molar-refractivity contribution in [2.75, 3.05) is 0 Å². The predicted molar refractivity (Wildman–Crippen MR) is 57.9 cm³/mol. The molecular formula is C9H11N5S. The van der Waals surface area contributed by atoms with Crippen LogP contribution in [0.5, 0.6) is 0 Å². The van der Waals surface area contributed by atoms with Crippen LogP contribution in [-0.4, -0.2) is 13.7 Å². The van der Waals surface area contributed by atoms with E-state index >= 15 is 0 Å². The minimum absolute atomic E-state index is 0.0290. The van der Waals surface area contributed by atoms with Crippen LogP contribution in [0, 0.1) is 0 Å². The predicted octanol–water partition coefficient (Wildman–Crippen LogP) is 0.680. The van der Waals surface area contributed by atoms with Crippen LogP contribution in [0.15, 0.2) is 30.6 Å². The summed E-state index contributed by atoms with van der Waals surface area (Å²) in [5, 5.41) is 0. The topological polar surface area (TPSA) is 76.7 Å². The largest absolute Gasteiger partial charge is 0.271 e. The van der Waals surface area contributed by atoms with Crippen LogP contribution in [0.25, 0.3) is 0 Å². The van der Waals surface area contributed by atoms with Crippen molar-refractivity contribution >= 4 is 11.7 Å². The van der Waals surface area contributed by atoms with Gasteiger partial charge < -0.3 is 0 Å². The third-order valence-electron chi connectivity index (χ3n) is 2.08. The monoisotopic (exact) mass is 221 g/mol. The Morgan fingerprint density at radius 3 is 3.00 bits per heavy atom. The normalized spacial score (nSPS) is 12.6. The number of nitrogens with two attached hydrogens (primary N) is 1. The highest BCUT2D eigenvalue weighted by atomic mass is 32.1. The first-order chi connectivity index (χ1) is 7.40. The van der Waals surface area contributed by atoms with Crippen molar-refractivity contribution in [2.24, 2.45) is 5.84 Å². The molecule has 3 N–H and O–H groups in total. The minimum Gasteiger partial charge on any atom is -0.271 e. The lowest BCUT2D eigenvalue weighted by Gasteiger charge is -2.11. The van der Waals surface area contributed by atoms with Crippen LogP contribution in [0.4, 0.5) is 0 Å². The zero-order chi connectivity index (χ0) is 10.5. The van der Waals surface area contributed by atoms with Crippen LogP contribution in [0.2, 0.25) is 0 Å². The first-order valence-electron chi connectivity index (χ1n) is 4.53. The fourth-order valence-electron chi connectivity index (χ4n) is 1.30. The van der Waals surface area contributed by atoms with Crippen LogP contribution < -0.4 is 11.3 Å². The number of hydrogen-bond acceptors (Lipinski definition) is 6. The van der Waals surface area contributed by atoms with E-state index in [0.717, 1.165) is 11.4 Å². The van der Waals surface area contributed by atoms with E-state index in [4.69, 9.17) is 5.84 Å². The summed E-state index contributed by atoms with van der Waals surface area (Å²) in [4.78, 5) is 4.24. The minimum atomic E-state index is -0.0290. The molecule has 5 nitrogen and oxygen atoms in total. The fraction of sp³-hybridized carbons (Fsp3) is 0.222. The van der Waals surface area contributed by atoms with E-state index in [1.807, 2.05) is 18.2 Å². The Morgan fingerprint density at radius 1 is 1.47 bits per heavy atom. The van der Waals surface area contributed by atoms with Gasteiger partial charge in [-0.15, -0.1) is 0 Å². The molecule has 15 heavy (non-hydrogen) atoms. The molecule has 0 saturated carbocycles. The van der Waals surface area contributed by atoms with Gasteiger partial charge >= 0.3 is 0 Å². The molecule has 0 aliphatic carbocycles. The van der Waals surface area contributed by atoms with Crippen molar-refractivity contribution < 1.29 is 0 Å². The summed E-state index contributed by atoms with van der Waals surface area (Å²) in [6.45, 7) is 0. The molecule has 0 aromatic carbocycles. The molecular weight excluding hydrogens is 210 g/mol. The van der Waals surface area contributed by atoms with Gasteiger partial charge in [0.05, 0.1) is 29.7 Å². The Hall–Kier alpha value is -1.37. The van der Waals surface area contributed by atoms with Crippen molar-refractivity contribution in [3.63, 3.8) is 0 Å². The fourth-order valence-corrected chi connectivity index (χ4v) is 1.77. The molecule has 0 aliphatic rings. The van der Waals surface area contributed by atoms with Gasteiger partial charge in [-0.05, 0) is 12.1 Å². The van der Waals surface area contributed by atoms with Crippen molar-refractivity contribution in [1.29, 1.82) is 0 Å². The quantitative estimate of drug-likeness (QED) is 0.586. The van der Waals surface area contributed by atoms with Crippen LogP contribution >= 0.6 is 11.7 Å². The van der Waals surface area contributed by atoms with Gasteiger partial charge in [-0.25, -0.2) is 0 Å². The van der Waals surface area contributed by atoms with Gasteiger partial charge in [0.1, 0.15) is 0 Å².